The van der Waals surface area contributed by atoms with E-state index < -0.39 is 5.97 Å². The summed E-state index contributed by atoms with van der Waals surface area (Å²) >= 11 is 0. The molecule has 1 aromatic rings. The van der Waals surface area contributed by atoms with Gasteiger partial charge in [-0.05, 0) is 6.42 Å². The fourth-order valence-electron chi connectivity index (χ4n) is 1.24. The van der Waals surface area contributed by atoms with E-state index in [0.29, 0.717) is 12.0 Å². The normalized spacial score (nSPS) is 9.11. The van der Waals surface area contributed by atoms with E-state index in [-0.39, 0.29) is 24.5 Å². The average molecular weight is 265 g/mol. The van der Waals surface area contributed by atoms with Crippen LogP contribution in [0.15, 0.2) is 30.3 Å². The summed E-state index contributed by atoms with van der Waals surface area (Å²) in [7, 11) is 0. The van der Waals surface area contributed by atoms with Gasteiger partial charge < -0.3 is 10.8 Å². The lowest BCUT2D eigenvalue weighted by atomic mass is 10.1. The van der Waals surface area contributed by atoms with Crippen molar-refractivity contribution in [3.05, 3.63) is 35.9 Å². The SMILES string of the molecule is CCCC(N)=O.O=C(O)CCC(=O)c1ccccc1. The highest BCUT2D eigenvalue weighted by molar-refractivity contribution is 5.97. The van der Waals surface area contributed by atoms with E-state index in [1.165, 1.54) is 0 Å². The molecule has 1 rings (SSSR count). The number of hydrogen-bond acceptors (Lipinski definition) is 3. The molecule has 0 aromatic heterocycles. The van der Waals surface area contributed by atoms with E-state index in [2.05, 4.69) is 0 Å². The molecule has 5 heteroatoms. The summed E-state index contributed by atoms with van der Waals surface area (Å²) in [6.07, 6.45) is 1.34. The fourth-order valence-corrected chi connectivity index (χ4v) is 1.24. The van der Waals surface area contributed by atoms with Crippen LogP contribution in [0, 0.1) is 0 Å². The zero-order chi connectivity index (χ0) is 14.7. The van der Waals surface area contributed by atoms with Crippen molar-refractivity contribution in [3.63, 3.8) is 0 Å². The minimum Gasteiger partial charge on any atom is -0.481 e. The highest BCUT2D eigenvalue weighted by Crippen LogP contribution is 2.04. The number of carboxylic acid groups (broad SMARTS) is 1. The number of primary amides is 1. The second-order valence-corrected chi connectivity index (χ2v) is 3.90. The van der Waals surface area contributed by atoms with Gasteiger partial charge in [0.25, 0.3) is 0 Å². The molecular weight excluding hydrogens is 246 g/mol. The summed E-state index contributed by atoms with van der Waals surface area (Å²) in [5.74, 6) is -1.27. The number of benzene rings is 1. The maximum absolute atomic E-state index is 11.3. The molecule has 3 N–H and O–H groups in total. The van der Waals surface area contributed by atoms with Gasteiger partial charge in [0.1, 0.15) is 0 Å². The second kappa shape index (κ2) is 9.82. The highest BCUT2D eigenvalue weighted by Gasteiger charge is 2.06. The third-order valence-electron chi connectivity index (χ3n) is 2.16. The molecule has 104 valence electrons. The number of ketones is 1. The van der Waals surface area contributed by atoms with E-state index in [0.717, 1.165) is 6.42 Å². The fraction of sp³-hybridized carbons (Fsp3) is 0.357. The Morgan fingerprint density at radius 1 is 1.05 bits per heavy atom. The largest absolute Gasteiger partial charge is 0.481 e. The zero-order valence-electron chi connectivity index (χ0n) is 11.0. The van der Waals surface area contributed by atoms with Crippen LogP contribution in [0.25, 0.3) is 0 Å². The number of rotatable bonds is 6. The van der Waals surface area contributed by atoms with Gasteiger partial charge in [-0.25, -0.2) is 0 Å². The molecule has 0 saturated carbocycles. The van der Waals surface area contributed by atoms with Crippen LogP contribution in [-0.2, 0) is 9.59 Å². The first-order valence-electron chi connectivity index (χ1n) is 6.05. The van der Waals surface area contributed by atoms with Gasteiger partial charge in [0.05, 0.1) is 6.42 Å². The van der Waals surface area contributed by atoms with Gasteiger partial charge in [-0.15, -0.1) is 0 Å². The number of carbonyl (C=O) groups is 3. The summed E-state index contributed by atoms with van der Waals surface area (Å²) in [6, 6.07) is 8.70. The Morgan fingerprint density at radius 3 is 2.00 bits per heavy atom. The van der Waals surface area contributed by atoms with Crippen LogP contribution >= 0.6 is 0 Å². The second-order valence-electron chi connectivity index (χ2n) is 3.90. The first-order valence-corrected chi connectivity index (χ1v) is 6.05. The molecule has 5 nitrogen and oxygen atoms in total. The molecule has 1 aromatic carbocycles. The highest BCUT2D eigenvalue weighted by atomic mass is 16.4. The molecule has 0 bridgehead atoms. The van der Waals surface area contributed by atoms with E-state index in [4.69, 9.17) is 10.8 Å². The number of hydrogen-bond donors (Lipinski definition) is 2. The average Bonchev–Trinajstić information content (AvgIpc) is 2.37. The van der Waals surface area contributed by atoms with Gasteiger partial charge in [0.15, 0.2) is 5.78 Å². The molecule has 0 aliphatic carbocycles. The predicted molar refractivity (Wildman–Crippen MR) is 71.7 cm³/mol. The quantitative estimate of drug-likeness (QED) is 0.769. The molecule has 0 aliphatic rings. The number of amides is 1. The Balaban J connectivity index is 0.000000459. The number of Topliss-reactive ketones (excluding diaryl/α,β-unsaturated/α-hetero) is 1. The molecule has 0 spiro atoms. The van der Waals surface area contributed by atoms with Crippen molar-refractivity contribution >= 4 is 17.7 Å². The van der Waals surface area contributed by atoms with Crippen molar-refractivity contribution in [1.82, 2.24) is 0 Å². The minimum atomic E-state index is -0.940. The van der Waals surface area contributed by atoms with Crippen LogP contribution in [0.5, 0.6) is 0 Å². The van der Waals surface area contributed by atoms with Crippen LogP contribution in [-0.4, -0.2) is 22.8 Å². The monoisotopic (exact) mass is 265 g/mol. The molecule has 19 heavy (non-hydrogen) atoms. The Morgan fingerprint density at radius 2 is 1.63 bits per heavy atom. The molecule has 0 fully saturated rings. The first kappa shape index (κ1) is 16.8. The van der Waals surface area contributed by atoms with Crippen molar-refractivity contribution < 1.29 is 19.5 Å². The summed E-state index contributed by atoms with van der Waals surface area (Å²) in [6.45, 7) is 1.92. The topological polar surface area (TPSA) is 97.5 Å². The zero-order valence-corrected chi connectivity index (χ0v) is 11.0. The van der Waals surface area contributed by atoms with E-state index in [1.54, 1.807) is 24.3 Å². The maximum atomic E-state index is 11.3. The lowest BCUT2D eigenvalue weighted by Gasteiger charge is -1.97. The molecule has 0 heterocycles. The third kappa shape index (κ3) is 9.52. The molecule has 0 radical (unpaired) electrons. The number of aliphatic carboxylic acids is 1. The van der Waals surface area contributed by atoms with Gasteiger partial charge in [-0.2, -0.15) is 0 Å². The van der Waals surface area contributed by atoms with E-state index >= 15 is 0 Å². The van der Waals surface area contributed by atoms with Gasteiger partial charge >= 0.3 is 5.97 Å². The molecular formula is C14H19NO4. The van der Waals surface area contributed by atoms with E-state index in [9.17, 15) is 14.4 Å². The first-order chi connectivity index (χ1) is 8.97. The Hall–Kier alpha value is -2.17. The lowest BCUT2D eigenvalue weighted by molar-refractivity contribution is -0.137. The van der Waals surface area contributed by atoms with Crippen molar-refractivity contribution in [3.8, 4) is 0 Å². The summed E-state index contributed by atoms with van der Waals surface area (Å²) < 4.78 is 0. The molecule has 1 amide bonds. The number of carbonyl (C=O) groups excluding carboxylic acids is 2. The lowest BCUT2D eigenvalue weighted by Crippen LogP contribution is -2.08. The number of nitrogens with two attached hydrogens (primary N) is 1. The smallest absolute Gasteiger partial charge is 0.303 e. The Bertz CT molecular complexity index is 415. The van der Waals surface area contributed by atoms with Gasteiger partial charge in [-0.3, -0.25) is 14.4 Å². The Kier molecular flexibility index (Phi) is 8.70. The standard InChI is InChI=1S/C10H10O3.C4H9NO/c11-9(6-7-10(12)13)8-4-2-1-3-5-8;1-2-3-4(5)6/h1-5H,6-7H2,(H,12,13);2-3H2,1H3,(H2,5,6). The number of carboxylic acids is 1. The van der Waals surface area contributed by atoms with Crippen LogP contribution in [0.4, 0.5) is 0 Å². The van der Waals surface area contributed by atoms with Gasteiger partial charge in [0, 0.05) is 18.4 Å². The molecule has 0 saturated heterocycles. The van der Waals surface area contributed by atoms with Crippen molar-refractivity contribution in [2.24, 2.45) is 5.73 Å². The van der Waals surface area contributed by atoms with Crippen molar-refractivity contribution in [1.29, 1.82) is 0 Å². The molecule has 0 unspecified atom stereocenters. The van der Waals surface area contributed by atoms with E-state index in [1.807, 2.05) is 13.0 Å². The Labute approximate surface area is 112 Å². The van der Waals surface area contributed by atoms with Crippen molar-refractivity contribution in [2.75, 3.05) is 0 Å². The van der Waals surface area contributed by atoms with Crippen LogP contribution in [0.2, 0.25) is 0 Å². The maximum Gasteiger partial charge on any atom is 0.303 e. The van der Waals surface area contributed by atoms with Crippen LogP contribution < -0.4 is 5.73 Å². The minimum absolute atomic E-state index is 0.0688. The molecule has 0 aliphatic heterocycles. The summed E-state index contributed by atoms with van der Waals surface area (Å²) in [4.78, 5) is 31.3. The van der Waals surface area contributed by atoms with Crippen LogP contribution in [0.1, 0.15) is 43.0 Å². The third-order valence-corrected chi connectivity index (χ3v) is 2.16. The van der Waals surface area contributed by atoms with Crippen molar-refractivity contribution in [2.45, 2.75) is 32.6 Å². The van der Waals surface area contributed by atoms with Crippen LogP contribution in [0.3, 0.4) is 0 Å². The van der Waals surface area contributed by atoms with Gasteiger partial charge in [0.2, 0.25) is 5.91 Å². The predicted octanol–water partition coefficient (Wildman–Crippen LogP) is 2.01. The summed E-state index contributed by atoms with van der Waals surface area (Å²) in [5, 5.41) is 8.36. The molecule has 0 atom stereocenters. The summed E-state index contributed by atoms with van der Waals surface area (Å²) in [5.41, 5.74) is 5.34. The van der Waals surface area contributed by atoms with Gasteiger partial charge in [-0.1, -0.05) is 37.3 Å².